The number of nitrogens with one attached hydrogen (secondary N) is 2. The van der Waals surface area contributed by atoms with Gasteiger partial charge in [0, 0.05) is 24.6 Å². The van der Waals surface area contributed by atoms with E-state index in [-0.39, 0.29) is 12.2 Å². The Balaban J connectivity index is 1.68. The molecule has 0 aliphatic heterocycles. The maximum absolute atomic E-state index is 10.0. The molecule has 28 heavy (non-hydrogen) atoms. The summed E-state index contributed by atoms with van der Waals surface area (Å²) in [5.74, 6) is 2.67. The van der Waals surface area contributed by atoms with Crippen molar-refractivity contribution in [1.82, 2.24) is 10.6 Å². The van der Waals surface area contributed by atoms with Crippen molar-refractivity contribution in [2.45, 2.75) is 70.6 Å². The van der Waals surface area contributed by atoms with Crippen molar-refractivity contribution >= 4 is 5.96 Å². The third-order valence-corrected chi connectivity index (χ3v) is 5.77. The van der Waals surface area contributed by atoms with Crippen LogP contribution in [0.2, 0.25) is 0 Å². The highest BCUT2D eigenvalue weighted by molar-refractivity contribution is 5.79. The first-order valence-corrected chi connectivity index (χ1v) is 10.7. The van der Waals surface area contributed by atoms with Crippen molar-refractivity contribution in [3.8, 4) is 11.5 Å². The lowest BCUT2D eigenvalue weighted by Gasteiger charge is -2.20. The van der Waals surface area contributed by atoms with Gasteiger partial charge in [-0.25, -0.2) is 4.99 Å². The monoisotopic (exact) mass is 389 g/mol. The van der Waals surface area contributed by atoms with E-state index < -0.39 is 0 Å². The minimum Gasteiger partial charge on any atom is -0.493 e. The van der Waals surface area contributed by atoms with Gasteiger partial charge < -0.3 is 25.2 Å². The molecular formula is C22H35N3O3. The van der Waals surface area contributed by atoms with Gasteiger partial charge in [0.25, 0.3) is 0 Å². The second-order valence-corrected chi connectivity index (χ2v) is 7.81. The first-order valence-electron chi connectivity index (χ1n) is 10.7. The van der Waals surface area contributed by atoms with Crippen molar-refractivity contribution in [3.05, 3.63) is 23.8 Å². The highest BCUT2D eigenvalue weighted by atomic mass is 16.5. The van der Waals surface area contributed by atoms with E-state index in [4.69, 9.17) is 14.5 Å². The minimum absolute atomic E-state index is 0.194. The van der Waals surface area contributed by atoms with E-state index in [1.54, 1.807) is 7.11 Å². The molecule has 1 aromatic rings. The number of aliphatic hydroxyl groups excluding tert-OH is 1. The third-order valence-electron chi connectivity index (χ3n) is 5.77. The summed E-state index contributed by atoms with van der Waals surface area (Å²) in [7, 11) is 1.68. The number of para-hydroxylation sites is 1. The normalized spacial score (nSPS) is 23.0. The topological polar surface area (TPSA) is 75.1 Å². The lowest BCUT2D eigenvalue weighted by Crippen LogP contribution is -2.41. The highest BCUT2D eigenvalue weighted by Gasteiger charge is 2.25. The number of rotatable bonds is 8. The molecule has 6 nitrogen and oxygen atoms in total. The highest BCUT2D eigenvalue weighted by Crippen LogP contribution is 2.35. The van der Waals surface area contributed by atoms with E-state index in [1.807, 2.05) is 12.1 Å². The van der Waals surface area contributed by atoms with Crippen LogP contribution in [0.4, 0.5) is 0 Å². The smallest absolute Gasteiger partial charge is 0.191 e. The molecule has 0 amide bonds. The van der Waals surface area contributed by atoms with Gasteiger partial charge in [0.05, 0.1) is 25.9 Å². The summed E-state index contributed by atoms with van der Waals surface area (Å²) < 4.78 is 11.9. The SMILES string of the molecule is CCNC(=NCc1cccc(OC)c1OC1CCCC1)NCC1CCCC1O. The molecule has 1 aromatic carbocycles. The van der Waals surface area contributed by atoms with Crippen LogP contribution < -0.4 is 20.1 Å². The molecule has 3 N–H and O–H groups in total. The van der Waals surface area contributed by atoms with Crippen LogP contribution >= 0.6 is 0 Å². The van der Waals surface area contributed by atoms with Crippen LogP contribution in [0.1, 0.15) is 57.4 Å². The van der Waals surface area contributed by atoms with Gasteiger partial charge in [-0.15, -0.1) is 0 Å². The predicted molar refractivity (Wildman–Crippen MR) is 112 cm³/mol. The molecule has 2 fully saturated rings. The Labute approximate surface area is 168 Å². The van der Waals surface area contributed by atoms with Gasteiger partial charge in [-0.05, 0) is 51.5 Å². The largest absolute Gasteiger partial charge is 0.493 e. The number of aliphatic hydroxyl groups is 1. The van der Waals surface area contributed by atoms with Crippen LogP contribution in [0.3, 0.4) is 0 Å². The van der Waals surface area contributed by atoms with Crippen LogP contribution in [-0.2, 0) is 6.54 Å². The summed E-state index contributed by atoms with van der Waals surface area (Å²) >= 11 is 0. The lowest BCUT2D eigenvalue weighted by atomic mass is 10.1. The Kier molecular flexibility index (Phi) is 7.83. The first kappa shape index (κ1) is 20.8. The lowest BCUT2D eigenvalue weighted by molar-refractivity contribution is 0.134. The maximum atomic E-state index is 10.0. The van der Waals surface area contributed by atoms with Crippen LogP contribution in [0.15, 0.2) is 23.2 Å². The van der Waals surface area contributed by atoms with E-state index in [1.165, 1.54) is 12.8 Å². The summed E-state index contributed by atoms with van der Waals surface area (Å²) in [6.07, 6.45) is 7.84. The van der Waals surface area contributed by atoms with Gasteiger partial charge in [0.1, 0.15) is 0 Å². The molecule has 2 aliphatic carbocycles. The molecule has 2 unspecified atom stereocenters. The molecule has 0 bridgehead atoms. The number of aliphatic imine (C=N–C) groups is 1. The Morgan fingerprint density at radius 1 is 1.14 bits per heavy atom. The summed E-state index contributed by atoms with van der Waals surface area (Å²) in [4.78, 5) is 4.76. The molecule has 0 heterocycles. The number of methoxy groups -OCH3 is 1. The molecule has 2 saturated carbocycles. The average Bonchev–Trinajstić information content (AvgIpc) is 3.36. The number of guanidine groups is 1. The summed E-state index contributed by atoms with van der Waals surface area (Å²) in [5, 5.41) is 16.7. The maximum Gasteiger partial charge on any atom is 0.191 e. The molecule has 156 valence electrons. The predicted octanol–water partition coefficient (Wildman–Crippen LogP) is 3.23. The minimum atomic E-state index is -0.194. The fourth-order valence-corrected chi connectivity index (χ4v) is 4.14. The average molecular weight is 390 g/mol. The summed E-state index contributed by atoms with van der Waals surface area (Å²) in [6, 6.07) is 5.99. The zero-order valence-electron chi connectivity index (χ0n) is 17.2. The fourth-order valence-electron chi connectivity index (χ4n) is 4.14. The van der Waals surface area contributed by atoms with Gasteiger partial charge in [0.2, 0.25) is 0 Å². The summed E-state index contributed by atoms with van der Waals surface area (Å²) in [5.41, 5.74) is 1.03. The van der Waals surface area contributed by atoms with Crippen molar-refractivity contribution in [2.24, 2.45) is 10.9 Å². The van der Waals surface area contributed by atoms with E-state index >= 15 is 0 Å². The van der Waals surface area contributed by atoms with Crippen molar-refractivity contribution in [3.63, 3.8) is 0 Å². The molecular weight excluding hydrogens is 354 g/mol. The molecule has 0 aromatic heterocycles. The Hall–Kier alpha value is -1.95. The third kappa shape index (κ3) is 5.53. The number of benzene rings is 1. The fraction of sp³-hybridized carbons (Fsp3) is 0.682. The number of ether oxygens (including phenoxy) is 2. The number of hydrogen-bond donors (Lipinski definition) is 3. The molecule has 0 spiro atoms. The Morgan fingerprint density at radius 3 is 2.64 bits per heavy atom. The van der Waals surface area contributed by atoms with Gasteiger partial charge in [-0.2, -0.15) is 0 Å². The second-order valence-electron chi connectivity index (χ2n) is 7.81. The number of hydrogen-bond acceptors (Lipinski definition) is 4. The van der Waals surface area contributed by atoms with Gasteiger partial charge >= 0.3 is 0 Å². The molecule has 2 aliphatic rings. The van der Waals surface area contributed by atoms with E-state index in [2.05, 4.69) is 23.6 Å². The molecule has 2 atom stereocenters. The number of nitrogens with zero attached hydrogens (tertiary/aromatic N) is 1. The zero-order valence-corrected chi connectivity index (χ0v) is 17.2. The standard InChI is InChI=1S/C22H35N3O3/c1-3-23-22(24-14-16-8-6-12-19(16)26)25-15-17-9-7-13-20(27-2)21(17)28-18-10-4-5-11-18/h7,9,13,16,18-19,26H,3-6,8,10-12,14-15H2,1-2H3,(H2,23,24,25). The van der Waals surface area contributed by atoms with E-state index in [0.29, 0.717) is 12.5 Å². The van der Waals surface area contributed by atoms with Crippen LogP contribution in [0.25, 0.3) is 0 Å². The summed E-state index contributed by atoms with van der Waals surface area (Å²) in [6.45, 7) is 4.11. The molecule has 0 radical (unpaired) electrons. The molecule has 6 heteroatoms. The van der Waals surface area contributed by atoms with Gasteiger partial charge in [-0.3, -0.25) is 0 Å². The second kappa shape index (κ2) is 10.6. The van der Waals surface area contributed by atoms with Crippen molar-refractivity contribution < 1.29 is 14.6 Å². The first-order chi connectivity index (χ1) is 13.7. The van der Waals surface area contributed by atoms with Crippen molar-refractivity contribution in [1.29, 1.82) is 0 Å². The van der Waals surface area contributed by atoms with Crippen LogP contribution in [0, 0.1) is 5.92 Å². The molecule has 3 rings (SSSR count). The quantitative estimate of drug-likeness (QED) is 0.470. The van der Waals surface area contributed by atoms with E-state index in [0.717, 1.165) is 68.2 Å². The van der Waals surface area contributed by atoms with Crippen LogP contribution in [-0.4, -0.2) is 43.5 Å². The Morgan fingerprint density at radius 2 is 1.96 bits per heavy atom. The van der Waals surface area contributed by atoms with Crippen LogP contribution in [0.5, 0.6) is 11.5 Å². The zero-order chi connectivity index (χ0) is 19.8. The van der Waals surface area contributed by atoms with Crippen molar-refractivity contribution in [2.75, 3.05) is 20.2 Å². The Bertz CT molecular complexity index is 644. The van der Waals surface area contributed by atoms with Gasteiger partial charge in [-0.1, -0.05) is 18.6 Å². The van der Waals surface area contributed by atoms with Gasteiger partial charge in [0.15, 0.2) is 17.5 Å². The molecule has 0 saturated heterocycles. The van der Waals surface area contributed by atoms with E-state index in [9.17, 15) is 5.11 Å².